The maximum atomic E-state index is 13.7. The van der Waals surface area contributed by atoms with Gasteiger partial charge in [0.2, 0.25) is 5.91 Å². The Morgan fingerprint density at radius 3 is 2.59 bits per heavy atom. The third kappa shape index (κ3) is 5.59. The van der Waals surface area contributed by atoms with Crippen molar-refractivity contribution in [2.75, 3.05) is 17.7 Å². The Labute approximate surface area is 221 Å². The second-order valence-electron chi connectivity index (χ2n) is 9.25. The van der Waals surface area contributed by atoms with Gasteiger partial charge in [-0.25, -0.2) is 9.78 Å². The molecule has 0 spiro atoms. The number of rotatable bonds is 7. The number of carbonyl (C=O) groups excluding carboxylic acids is 3. The molecule has 192 valence electrons. The van der Waals surface area contributed by atoms with Crippen LogP contribution in [0.1, 0.15) is 36.1 Å². The van der Waals surface area contributed by atoms with Crippen LogP contribution in [0.3, 0.4) is 0 Å². The SMILES string of the molecule is CC[C@@H](NC(=O)N1C(=O)[C@H](Cc2ccnc(N)c2)[C@H]1C(=O)N(C)c1cccc(Cl)c1)c1cccc(C)c1. The lowest BCUT2D eigenvalue weighted by Gasteiger charge is -2.46. The summed E-state index contributed by atoms with van der Waals surface area (Å²) in [6.45, 7) is 3.94. The zero-order valence-electron chi connectivity index (χ0n) is 21.0. The fourth-order valence-electron chi connectivity index (χ4n) is 4.67. The van der Waals surface area contributed by atoms with E-state index in [1.165, 1.54) is 4.90 Å². The number of hydrogen-bond acceptors (Lipinski definition) is 5. The Balaban J connectivity index is 1.61. The Morgan fingerprint density at radius 1 is 1.16 bits per heavy atom. The van der Waals surface area contributed by atoms with Gasteiger partial charge in [-0.3, -0.25) is 14.5 Å². The number of likely N-dealkylation sites (N-methyl/N-ethyl adjacent to an activating group) is 1. The molecule has 2 aromatic carbocycles. The summed E-state index contributed by atoms with van der Waals surface area (Å²) >= 11 is 6.13. The van der Waals surface area contributed by atoms with Gasteiger partial charge in [0.15, 0.2) is 0 Å². The van der Waals surface area contributed by atoms with Crippen LogP contribution in [0, 0.1) is 12.8 Å². The topological polar surface area (TPSA) is 109 Å². The van der Waals surface area contributed by atoms with Crippen LogP contribution in [0.5, 0.6) is 0 Å². The molecule has 1 aliphatic rings. The van der Waals surface area contributed by atoms with Crippen molar-refractivity contribution >= 4 is 41.0 Å². The molecular formula is C28H30ClN5O3. The van der Waals surface area contributed by atoms with Crippen molar-refractivity contribution in [3.05, 3.63) is 88.6 Å². The summed E-state index contributed by atoms with van der Waals surface area (Å²) in [5, 5.41) is 3.43. The van der Waals surface area contributed by atoms with Crippen molar-refractivity contribution in [3.63, 3.8) is 0 Å². The lowest BCUT2D eigenvalue weighted by atomic mass is 9.81. The van der Waals surface area contributed by atoms with Gasteiger partial charge in [-0.2, -0.15) is 0 Å². The van der Waals surface area contributed by atoms with E-state index in [0.717, 1.165) is 21.6 Å². The van der Waals surface area contributed by atoms with Gasteiger partial charge in [-0.05, 0) is 61.2 Å². The molecule has 1 aromatic heterocycles. The van der Waals surface area contributed by atoms with Gasteiger partial charge >= 0.3 is 6.03 Å². The minimum atomic E-state index is -0.985. The summed E-state index contributed by atoms with van der Waals surface area (Å²) in [5.74, 6) is -1.19. The minimum absolute atomic E-state index is 0.254. The molecule has 1 fully saturated rings. The van der Waals surface area contributed by atoms with E-state index < -0.39 is 23.9 Å². The summed E-state index contributed by atoms with van der Waals surface area (Å²) < 4.78 is 0. The largest absolute Gasteiger partial charge is 0.384 e. The molecular weight excluding hydrogens is 490 g/mol. The van der Waals surface area contributed by atoms with E-state index >= 15 is 0 Å². The Morgan fingerprint density at radius 2 is 1.92 bits per heavy atom. The van der Waals surface area contributed by atoms with E-state index in [9.17, 15) is 14.4 Å². The normalized spacial score (nSPS) is 17.6. The number of carbonyl (C=O) groups is 3. The molecule has 2 heterocycles. The Hall–Kier alpha value is -3.91. The first-order valence-corrected chi connectivity index (χ1v) is 12.5. The Kier molecular flexibility index (Phi) is 7.78. The Bertz CT molecular complexity index is 1330. The van der Waals surface area contributed by atoms with Crippen molar-refractivity contribution in [1.29, 1.82) is 0 Å². The molecule has 4 rings (SSSR count). The first kappa shape index (κ1) is 26.2. The van der Waals surface area contributed by atoms with Gasteiger partial charge < -0.3 is 16.0 Å². The van der Waals surface area contributed by atoms with E-state index in [1.807, 2.05) is 38.1 Å². The van der Waals surface area contributed by atoms with E-state index in [2.05, 4.69) is 10.3 Å². The average Bonchev–Trinajstić information content (AvgIpc) is 2.87. The highest BCUT2D eigenvalue weighted by atomic mass is 35.5. The number of pyridine rings is 1. The maximum absolute atomic E-state index is 13.7. The highest BCUT2D eigenvalue weighted by Gasteiger charge is 2.55. The number of hydrogen-bond donors (Lipinski definition) is 2. The molecule has 1 saturated heterocycles. The van der Waals surface area contributed by atoms with Gasteiger partial charge in [-0.1, -0.05) is 54.4 Å². The molecule has 3 atom stereocenters. The molecule has 3 N–H and O–H groups in total. The lowest BCUT2D eigenvalue weighted by Crippen LogP contribution is -2.70. The number of likely N-dealkylation sites (tertiary alicyclic amines) is 1. The molecule has 0 unspecified atom stereocenters. The third-order valence-electron chi connectivity index (χ3n) is 6.66. The quantitative estimate of drug-likeness (QED) is 0.446. The second-order valence-corrected chi connectivity index (χ2v) is 9.69. The molecule has 4 amide bonds. The van der Waals surface area contributed by atoms with Crippen molar-refractivity contribution in [2.45, 2.75) is 38.8 Å². The average molecular weight is 520 g/mol. The van der Waals surface area contributed by atoms with Gasteiger partial charge in [0.1, 0.15) is 11.9 Å². The number of halogens is 1. The standard InChI is InChI=1S/C28H30ClN5O3/c1-4-23(19-8-5-7-17(2)13-19)32-28(37)34-25(27(36)33(3)21-10-6-9-20(29)16-21)22(26(34)35)14-18-11-12-31-24(30)15-18/h5-13,15-16,22-23,25H,4,14H2,1-3H3,(H2,30,31)(H,32,37)/t22-,23-,25+/m1/s1. The molecule has 9 heteroatoms. The fourth-order valence-corrected chi connectivity index (χ4v) is 4.85. The first-order chi connectivity index (χ1) is 17.7. The number of aryl methyl sites for hydroxylation is 1. The van der Waals surface area contributed by atoms with E-state index in [-0.39, 0.29) is 18.4 Å². The van der Waals surface area contributed by atoms with Gasteiger partial charge in [0.25, 0.3) is 5.91 Å². The fraction of sp³-hybridized carbons (Fsp3) is 0.286. The third-order valence-corrected chi connectivity index (χ3v) is 6.90. The molecule has 3 aromatic rings. The monoisotopic (exact) mass is 519 g/mol. The highest BCUT2D eigenvalue weighted by molar-refractivity contribution is 6.31. The first-order valence-electron chi connectivity index (χ1n) is 12.1. The van der Waals surface area contributed by atoms with E-state index in [4.69, 9.17) is 17.3 Å². The van der Waals surface area contributed by atoms with Crippen LogP contribution < -0.4 is 16.0 Å². The number of nitrogens with one attached hydrogen (secondary N) is 1. The number of nitrogen functional groups attached to an aromatic ring is 1. The molecule has 8 nitrogen and oxygen atoms in total. The van der Waals surface area contributed by atoms with Crippen molar-refractivity contribution in [1.82, 2.24) is 15.2 Å². The van der Waals surface area contributed by atoms with Gasteiger partial charge in [-0.15, -0.1) is 0 Å². The molecule has 37 heavy (non-hydrogen) atoms. The van der Waals surface area contributed by atoms with Crippen LogP contribution in [-0.2, 0) is 16.0 Å². The number of nitrogens with two attached hydrogens (primary N) is 1. The number of amides is 4. The highest BCUT2D eigenvalue weighted by Crippen LogP contribution is 2.34. The van der Waals surface area contributed by atoms with Crippen LogP contribution in [0.4, 0.5) is 16.3 Å². The number of β-lactam (4-membered cyclic amide) rings is 1. The predicted molar refractivity (Wildman–Crippen MR) is 144 cm³/mol. The molecule has 1 aliphatic heterocycles. The molecule has 0 aliphatic carbocycles. The van der Waals surface area contributed by atoms with Crippen molar-refractivity contribution in [3.8, 4) is 0 Å². The maximum Gasteiger partial charge on any atom is 0.325 e. The summed E-state index contributed by atoms with van der Waals surface area (Å²) in [6.07, 6.45) is 2.43. The summed E-state index contributed by atoms with van der Waals surface area (Å²) in [4.78, 5) is 46.9. The lowest BCUT2D eigenvalue weighted by molar-refractivity contribution is -0.156. The van der Waals surface area contributed by atoms with Crippen LogP contribution in [0.2, 0.25) is 5.02 Å². The summed E-state index contributed by atoms with van der Waals surface area (Å²) in [7, 11) is 1.61. The molecule has 0 saturated carbocycles. The van der Waals surface area contributed by atoms with Crippen LogP contribution >= 0.6 is 11.6 Å². The number of imide groups is 1. The molecule has 0 radical (unpaired) electrons. The number of urea groups is 1. The van der Waals surface area contributed by atoms with Gasteiger partial charge in [0, 0.05) is 24.0 Å². The van der Waals surface area contributed by atoms with Gasteiger partial charge in [0.05, 0.1) is 12.0 Å². The smallest absolute Gasteiger partial charge is 0.325 e. The van der Waals surface area contributed by atoms with Crippen LogP contribution in [0.25, 0.3) is 0 Å². The van der Waals surface area contributed by atoms with Crippen molar-refractivity contribution in [2.24, 2.45) is 5.92 Å². The number of anilines is 2. The van der Waals surface area contributed by atoms with E-state index in [1.54, 1.807) is 49.6 Å². The predicted octanol–water partition coefficient (Wildman–Crippen LogP) is 4.52. The van der Waals surface area contributed by atoms with Crippen LogP contribution in [0.15, 0.2) is 66.9 Å². The molecule has 0 bridgehead atoms. The number of benzene rings is 2. The van der Waals surface area contributed by atoms with Crippen LogP contribution in [-0.4, -0.2) is 40.8 Å². The number of nitrogens with zero attached hydrogens (tertiary/aromatic N) is 3. The summed E-state index contributed by atoms with van der Waals surface area (Å²) in [6, 6.07) is 16.2. The summed E-state index contributed by atoms with van der Waals surface area (Å²) in [5.41, 5.74) is 9.15. The number of aromatic nitrogens is 1. The van der Waals surface area contributed by atoms with E-state index in [0.29, 0.717) is 22.9 Å². The van der Waals surface area contributed by atoms with Crippen molar-refractivity contribution < 1.29 is 14.4 Å². The zero-order chi connectivity index (χ0) is 26.7. The minimum Gasteiger partial charge on any atom is -0.384 e. The second kappa shape index (κ2) is 11.0. The zero-order valence-corrected chi connectivity index (χ0v) is 21.8.